The monoisotopic (exact) mass is 364 g/mol. The molecule has 2 heterocycles. The van der Waals surface area contributed by atoms with Gasteiger partial charge in [0.05, 0.1) is 12.2 Å². The zero-order chi connectivity index (χ0) is 15.7. The van der Waals surface area contributed by atoms with Crippen molar-refractivity contribution in [3.63, 3.8) is 0 Å². The average molecular weight is 365 g/mol. The highest BCUT2D eigenvalue weighted by atomic mass is 79.9. The summed E-state index contributed by atoms with van der Waals surface area (Å²) in [6.45, 7) is 0.0182. The van der Waals surface area contributed by atoms with Crippen LogP contribution in [-0.2, 0) is 24.8 Å². The SMILES string of the molecule is Cn1ncc2c1CCC[C@H]2NC(=O)Cn1cc(Br)ccc1=O. The molecule has 1 N–H and O–H groups in total. The second-order valence-corrected chi connectivity index (χ2v) is 6.41. The lowest BCUT2D eigenvalue weighted by atomic mass is 9.93. The van der Waals surface area contributed by atoms with Gasteiger partial charge in [-0.2, -0.15) is 5.10 Å². The summed E-state index contributed by atoms with van der Waals surface area (Å²) in [7, 11) is 1.92. The van der Waals surface area contributed by atoms with Crippen LogP contribution in [0.2, 0.25) is 0 Å². The van der Waals surface area contributed by atoms with E-state index in [4.69, 9.17) is 0 Å². The lowest BCUT2D eigenvalue weighted by molar-refractivity contribution is -0.122. The zero-order valence-electron chi connectivity index (χ0n) is 12.3. The molecule has 0 spiro atoms. The van der Waals surface area contributed by atoms with E-state index < -0.39 is 0 Å². The van der Waals surface area contributed by atoms with Crippen molar-refractivity contribution in [2.24, 2.45) is 7.05 Å². The van der Waals surface area contributed by atoms with Crippen LogP contribution in [0.1, 0.15) is 30.1 Å². The molecule has 1 aliphatic carbocycles. The van der Waals surface area contributed by atoms with Crippen LogP contribution in [0.25, 0.3) is 0 Å². The van der Waals surface area contributed by atoms with Crippen molar-refractivity contribution < 1.29 is 4.79 Å². The van der Waals surface area contributed by atoms with Gasteiger partial charge in [0.15, 0.2) is 0 Å². The molecule has 0 aromatic carbocycles. The van der Waals surface area contributed by atoms with Crippen molar-refractivity contribution in [2.75, 3.05) is 0 Å². The number of halogens is 1. The number of aromatic nitrogens is 3. The van der Waals surface area contributed by atoms with E-state index in [1.165, 1.54) is 16.3 Å². The Balaban J connectivity index is 1.73. The summed E-state index contributed by atoms with van der Waals surface area (Å²) < 4.78 is 4.03. The van der Waals surface area contributed by atoms with E-state index >= 15 is 0 Å². The molecule has 0 radical (unpaired) electrons. The quantitative estimate of drug-likeness (QED) is 0.897. The molecule has 0 saturated carbocycles. The molecule has 22 heavy (non-hydrogen) atoms. The first-order valence-electron chi connectivity index (χ1n) is 7.21. The third-order valence-electron chi connectivity index (χ3n) is 3.97. The fraction of sp³-hybridized carbons (Fsp3) is 0.400. The highest BCUT2D eigenvalue weighted by Gasteiger charge is 2.24. The molecular weight excluding hydrogens is 348 g/mol. The van der Waals surface area contributed by atoms with Gasteiger partial charge < -0.3 is 9.88 Å². The summed E-state index contributed by atoms with van der Waals surface area (Å²) in [5.74, 6) is -0.165. The number of nitrogens with zero attached hydrogens (tertiary/aromatic N) is 3. The number of amides is 1. The van der Waals surface area contributed by atoms with Crippen LogP contribution < -0.4 is 10.9 Å². The summed E-state index contributed by atoms with van der Waals surface area (Å²) in [6.07, 6.45) is 6.36. The molecule has 1 atom stereocenters. The number of carbonyl (C=O) groups excluding carboxylic acids is 1. The lowest BCUT2D eigenvalue weighted by Crippen LogP contribution is -2.35. The summed E-state index contributed by atoms with van der Waals surface area (Å²) in [4.78, 5) is 24.0. The van der Waals surface area contributed by atoms with Gasteiger partial charge in [0.25, 0.3) is 5.56 Å². The molecule has 0 fully saturated rings. The van der Waals surface area contributed by atoms with Crippen LogP contribution in [0, 0.1) is 0 Å². The van der Waals surface area contributed by atoms with E-state index in [1.807, 2.05) is 17.9 Å². The lowest BCUT2D eigenvalue weighted by Gasteiger charge is -2.24. The first kappa shape index (κ1) is 15.0. The Morgan fingerprint density at radius 2 is 2.32 bits per heavy atom. The predicted molar refractivity (Wildman–Crippen MR) is 85.4 cm³/mol. The summed E-state index contributed by atoms with van der Waals surface area (Å²) in [6, 6.07) is 3.09. The maximum Gasteiger partial charge on any atom is 0.251 e. The minimum Gasteiger partial charge on any atom is -0.348 e. The molecular formula is C15H17BrN4O2. The van der Waals surface area contributed by atoms with Crippen molar-refractivity contribution in [1.82, 2.24) is 19.7 Å². The van der Waals surface area contributed by atoms with Gasteiger partial charge in [-0.3, -0.25) is 14.3 Å². The van der Waals surface area contributed by atoms with Crippen molar-refractivity contribution in [3.8, 4) is 0 Å². The Kier molecular flexibility index (Phi) is 4.15. The van der Waals surface area contributed by atoms with Gasteiger partial charge in [0, 0.05) is 35.0 Å². The maximum absolute atomic E-state index is 12.2. The predicted octanol–water partition coefficient (Wildman–Crippen LogP) is 1.54. The van der Waals surface area contributed by atoms with Crippen molar-refractivity contribution in [3.05, 3.63) is 50.6 Å². The number of nitrogens with one attached hydrogen (secondary N) is 1. The van der Waals surface area contributed by atoms with Crippen molar-refractivity contribution in [2.45, 2.75) is 31.8 Å². The highest BCUT2D eigenvalue weighted by molar-refractivity contribution is 9.10. The molecule has 1 amide bonds. The van der Waals surface area contributed by atoms with Crippen LogP contribution in [0.3, 0.4) is 0 Å². The van der Waals surface area contributed by atoms with Gasteiger partial charge >= 0.3 is 0 Å². The van der Waals surface area contributed by atoms with Gasteiger partial charge in [-0.05, 0) is 41.3 Å². The third kappa shape index (κ3) is 2.99. The maximum atomic E-state index is 12.2. The van der Waals surface area contributed by atoms with Gasteiger partial charge in [-0.1, -0.05) is 0 Å². The van der Waals surface area contributed by atoms with Crippen molar-refractivity contribution >= 4 is 21.8 Å². The minimum absolute atomic E-state index is 0.0182. The molecule has 116 valence electrons. The largest absolute Gasteiger partial charge is 0.348 e. The summed E-state index contributed by atoms with van der Waals surface area (Å²) >= 11 is 3.31. The molecule has 2 aromatic rings. The van der Waals surface area contributed by atoms with Crippen LogP contribution in [-0.4, -0.2) is 20.3 Å². The topological polar surface area (TPSA) is 68.9 Å². The van der Waals surface area contributed by atoms with Crippen LogP contribution >= 0.6 is 15.9 Å². The Morgan fingerprint density at radius 1 is 1.50 bits per heavy atom. The van der Waals surface area contributed by atoms with E-state index in [2.05, 4.69) is 26.3 Å². The molecule has 0 aliphatic heterocycles. The van der Waals surface area contributed by atoms with E-state index in [0.717, 1.165) is 29.3 Å². The smallest absolute Gasteiger partial charge is 0.251 e. The molecule has 0 bridgehead atoms. The number of hydrogen-bond donors (Lipinski definition) is 1. The van der Waals surface area contributed by atoms with Gasteiger partial charge in [0.2, 0.25) is 5.91 Å². The molecule has 6 nitrogen and oxygen atoms in total. The molecule has 3 rings (SSSR count). The fourth-order valence-electron chi connectivity index (χ4n) is 2.88. The first-order chi connectivity index (χ1) is 10.5. The number of pyridine rings is 1. The average Bonchev–Trinajstić information content (AvgIpc) is 2.86. The van der Waals surface area contributed by atoms with E-state index in [1.54, 1.807) is 12.3 Å². The van der Waals surface area contributed by atoms with E-state index in [9.17, 15) is 9.59 Å². The fourth-order valence-corrected chi connectivity index (χ4v) is 3.26. The molecule has 7 heteroatoms. The number of rotatable bonds is 3. The third-order valence-corrected chi connectivity index (χ3v) is 4.44. The minimum atomic E-state index is -0.191. The standard InChI is InChI=1S/C15H17BrN4O2/c1-19-13-4-2-3-12(11(13)7-17-19)18-14(21)9-20-8-10(16)5-6-15(20)22/h5-8,12H,2-4,9H2,1H3,(H,18,21)/t12-/m1/s1. The molecule has 0 unspecified atom stereocenters. The number of fused-ring (bicyclic) bond motifs is 1. The van der Waals surface area contributed by atoms with Gasteiger partial charge in [-0.25, -0.2) is 0 Å². The van der Waals surface area contributed by atoms with E-state index in [-0.39, 0.29) is 24.1 Å². The number of aryl methyl sites for hydroxylation is 1. The Bertz CT molecular complexity index is 765. The summed E-state index contributed by atoms with van der Waals surface area (Å²) in [5, 5.41) is 7.29. The van der Waals surface area contributed by atoms with Crippen LogP contribution in [0.4, 0.5) is 0 Å². The Morgan fingerprint density at radius 3 is 3.14 bits per heavy atom. The van der Waals surface area contributed by atoms with Crippen LogP contribution in [0.5, 0.6) is 0 Å². The Hall–Kier alpha value is -1.89. The van der Waals surface area contributed by atoms with E-state index in [0.29, 0.717) is 0 Å². The molecule has 1 aliphatic rings. The number of carbonyl (C=O) groups is 1. The van der Waals surface area contributed by atoms with Crippen LogP contribution in [0.15, 0.2) is 33.8 Å². The second-order valence-electron chi connectivity index (χ2n) is 5.50. The molecule has 2 aromatic heterocycles. The highest BCUT2D eigenvalue weighted by Crippen LogP contribution is 2.28. The summed E-state index contributed by atoms with van der Waals surface area (Å²) in [5.41, 5.74) is 2.07. The number of hydrogen-bond acceptors (Lipinski definition) is 3. The van der Waals surface area contributed by atoms with Gasteiger partial charge in [-0.15, -0.1) is 0 Å². The Labute approximate surface area is 136 Å². The van der Waals surface area contributed by atoms with Gasteiger partial charge in [0.1, 0.15) is 6.54 Å². The first-order valence-corrected chi connectivity index (χ1v) is 8.00. The molecule has 0 saturated heterocycles. The zero-order valence-corrected chi connectivity index (χ0v) is 13.8. The van der Waals surface area contributed by atoms with Crippen molar-refractivity contribution in [1.29, 1.82) is 0 Å². The normalized spacial score (nSPS) is 17.1. The second kappa shape index (κ2) is 6.08.